The van der Waals surface area contributed by atoms with Gasteiger partial charge in [0.25, 0.3) is 10.0 Å². The summed E-state index contributed by atoms with van der Waals surface area (Å²) in [6.07, 6.45) is 0. The molecule has 0 radical (unpaired) electrons. The van der Waals surface area contributed by atoms with Crippen LogP contribution >= 0.6 is 39.0 Å². The molecule has 0 atom stereocenters. The molecule has 0 fully saturated rings. The Kier molecular flexibility index (Phi) is 8.22. The first-order chi connectivity index (χ1) is 16.8. The third-order valence-electron chi connectivity index (χ3n) is 4.87. The molecule has 0 saturated heterocycles. The summed E-state index contributed by atoms with van der Waals surface area (Å²) in [5.41, 5.74) is 2.47. The number of aryl methyl sites for hydroxylation is 1. The first-order valence-corrected chi connectivity index (χ1v) is 14.5. The van der Waals surface area contributed by atoms with Crippen LogP contribution in [0.4, 0.5) is 10.8 Å². The van der Waals surface area contributed by atoms with Crippen LogP contribution in [0.3, 0.4) is 0 Å². The molecule has 1 amide bonds. The Morgan fingerprint density at radius 1 is 1.00 bits per heavy atom. The molecule has 0 bridgehead atoms. The highest BCUT2D eigenvalue weighted by atomic mass is 79.9. The number of rotatable bonds is 9. The minimum atomic E-state index is -3.98. The van der Waals surface area contributed by atoms with Crippen molar-refractivity contribution in [3.63, 3.8) is 0 Å². The normalized spacial score (nSPS) is 11.3. The molecule has 180 valence electrons. The van der Waals surface area contributed by atoms with Gasteiger partial charge in [-0.15, -0.1) is 10.2 Å². The minimum Gasteiger partial charge on any atom is -0.299 e. The molecular weight excluding hydrogens is 568 g/mol. The van der Waals surface area contributed by atoms with E-state index in [-0.39, 0.29) is 4.90 Å². The van der Waals surface area contributed by atoms with E-state index in [0.717, 1.165) is 25.7 Å². The summed E-state index contributed by atoms with van der Waals surface area (Å²) in [7, 11) is -3.98. The zero-order valence-corrected chi connectivity index (χ0v) is 22.6. The SMILES string of the molecule is Cc1ccc(S(=O)(=O)N(CC(=O)Nc2nnc(SCc3ccccc3)s2)c2ccc(Br)cc2)cc1. The molecule has 7 nitrogen and oxygen atoms in total. The van der Waals surface area contributed by atoms with Crippen LogP contribution in [0.5, 0.6) is 0 Å². The Bertz CT molecular complexity index is 1390. The van der Waals surface area contributed by atoms with Gasteiger partial charge in [-0.25, -0.2) is 8.42 Å². The zero-order chi connectivity index (χ0) is 24.8. The number of benzene rings is 3. The van der Waals surface area contributed by atoms with Crippen LogP contribution < -0.4 is 9.62 Å². The van der Waals surface area contributed by atoms with Crippen molar-refractivity contribution in [1.29, 1.82) is 0 Å². The van der Waals surface area contributed by atoms with Gasteiger partial charge in [0, 0.05) is 10.2 Å². The van der Waals surface area contributed by atoms with E-state index in [1.807, 2.05) is 37.3 Å². The quantitative estimate of drug-likeness (QED) is 0.198. The molecule has 3 aromatic carbocycles. The number of carbonyl (C=O) groups excluding carboxylic acids is 1. The van der Waals surface area contributed by atoms with Crippen LogP contribution in [0, 0.1) is 6.92 Å². The summed E-state index contributed by atoms with van der Waals surface area (Å²) in [5.74, 6) is 0.217. The maximum Gasteiger partial charge on any atom is 0.264 e. The third kappa shape index (κ3) is 6.69. The number of thioether (sulfide) groups is 1. The minimum absolute atomic E-state index is 0.106. The van der Waals surface area contributed by atoms with Crippen molar-refractivity contribution in [2.75, 3.05) is 16.2 Å². The fourth-order valence-electron chi connectivity index (χ4n) is 3.09. The smallest absolute Gasteiger partial charge is 0.264 e. The largest absolute Gasteiger partial charge is 0.299 e. The van der Waals surface area contributed by atoms with Crippen molar-refractivity contribution < 1.29 is 13.2 Å². The fraction of sp³-hybridized carbons (Fsp3) is 0.125. The lowest BCUT2D eigenvalue weighted by atomic mass is 10.2. The first kappa shape index (κ1) is 25.4. The number of sulfonamides is 1. The van der Waals surface area contributed by atoms with Crippen LogP contribution in [0.25, 0.3) is 0 Å². The number of hydrogen-bond donors (Lipinski definition) is 1. The second-order valence-corrected chi connectivity index (χ2v) is 12.5. The van der Waals surface area contributed by atoms with E-state index in [2.05, 4.69) is 31.4 Å². The Labute approximate surface area is 220 Å². The molecule has 0 aliphatic heterocycles. The lowest BCUT2D eigenvalue weighted by Gasteiger charge is -2.24. The van der Waals surface area contributed by atoms with Gasteiger partial charge in [-0.2, -0.15) is 0 Å². The summed E-state index contributed by atoms with van der Waals surface area (Å²) in [6.45, 7) is 1.47. The first-order valence-electron chi connectivity index (χ1n) is 10.5. The van der Waals surface area contributed by atoms with Crippen LogP contribution in [-0.4, -0.2) is 31.1 Å². The van der Waals surface area contributed by atoms with Gasteiger partial charge >= 0.3 is 0 Å². The third-order valence-corrected chi connectivity index (χ3v) is 9.23. The van der Waals surface area contributed by atoms with Crippen LogP contribution in [-0.2, 0) is 20.6 Å². The highest BCUT2D eigenvalue weighted by Crippen LogP contribution is 2.29. The summed E-state index contributed by atoms with van der Waals surface area (Å²) < 4.78 is 29.5. The lowest BCUT2D eigenvalue weighted by molar-refractivity contribution is -0.114. The van der Waals surface area contributed by atoms with E-state index in [1.54, 1.807) is 36.4 Å². The van der Waals surface area contributed by atoms with Gasteiger partial charge in [0.2, 0.25) is 11.0 Å². The van der Waals surface area contributed by atoms with Crippen LogP contribution in [0.1, 0.15) is 11.1 Å². The summed E-state index contributed by atoms with van der Waals surface area (Å²) in [4.78, 5) is 13.0. The average molecular weight is 590 g/mol. The number of halogens is 1. The summed E-state index contributed by atoms with van der Waals surface area (Å²) >= 11 is 6.12. The molecule has 11 heteroatoms. The van der Waals surface area contributed by atoms with Gasteiger partial charge in [0.1, 0.15) is 6.54 Å². The van der Waals surface area contributed by atoms with Gasteiger partial charge in [0.05, 0.1) is 10.6 Å². The van der Waals surface area contributed by atoms with Gasteiger partial charge in [-0.05, 0) is 48.9 Å². The maximum atomic E-state index is 13.4. The summed E-state index contributed by atoms with van der Waals surface area (Å²) in [5, 5.41) is 11.1. The Morgan fingerprint density at radius 2 is 1.69 bits per heavy atom. The van der Waals surface area contributed by atoms with E-state index >= 15 is 0 Å². The molecule has 0 saturated carbocycles. The molecular formula is C24H21BrN4O3S3. The topological polar surface area (TPSA) is 92.3 Å². The number of anilines is 2. The van der Waals surface area contributed by atoms with Crippen molar-refractivity contribution in [2.45, 2.75) is 21.9 Å². The molecule has 4 aromatic rings. The Balaban J connectivity index is 1.49. The Hall–Kier alpha value is -2.73. The Morgan fingerprint density at radius 3 is 2.37 bits per heavy atom. The van der Waals surface area contributed by atoms with E-state index in [1.165, 1.54) is 35.2 Å². The van der Waals surface area contributed by atoms with Gasteiger partial charge < -0.3 is 0 Å². The number of aromatic nitrogens is 2. The van der Waals surface area contributed by atoms with E-state index < -0.39 is 22.5 Å². The number of amides is 1. The van der Waals surface area contributed by atoms with Gasteiger partial charge in [0.15, 0.2) is 4.34 Å². The second-order valence-electron chi connectivity index (χ2n) is 7.50. The van der Waals surface area contributed by atoms with Gasteiger partial charge in [-0.3, -0.25) is 14.4 Å². The molecule has 1 heterocycles. The molecule has 0 aliphatic carbocycles. The fourth-order valence-corrected chi connectivity index (χ4v) is 6.50. The predicted octanol–water partition coefficient (Wildman–Crippen LogP) is 5.74. The molecule has 1 N–H and O–H groups in total. The van der Waals surface area contributed by atoms with Gasteiger partial charge in [-0.1, -0.05) is 87.1 Å². The average Bonchev–Trinajstić information content (AvgIpc) is 3.30. The molecule has 0 unspecified atom stereocenters. The van der Waals surface area contributed by atoms with E-state index in [0.29, 0.717) is 15.2 Å². The van der Waals surface area contributed by atoms with Crippen molar-refractivity contribution >= 4 is 65.8 Å². The number of carbonyl (C=O) groups is 1. The van der Waals surface area contributed by atoms with Crippen molar-refractivity contribution in [2.24, 2.45) is 0 Å². The summed E-state index contributed by atoms with van der Waals surface area (Å²) in [6, 6.07) is 23.2. The molecule has 0 aliphatic rings. The highest BCUT2D eigenvalue weighted by molar-refractivity contribution is 9.10. The van der Waals surface area contributed by atoms with E-state index in [9.17, 15) is 13.2 Å². The molecule has 0 spiro atoms. The zero-order valence-electron chi connectivity index (χ0n) is 18.6. The lowest BCUT2D eigenvalue weighted by Crippen LogP contribution is -2.38. The van der Waals surface area contributed by atoms with Crippen LogP contribution in [0.15, 0.2) is 92.6 Å². The highest BCUT2D eigenvalue weighted by Gasteiger charge is 2.27. The maximum absolute atomic E-state index is 13.4. The second kappa shape index (κ2) is 11.3. The number of nitrogens with zero attached hydrogens (tertiary/aromatic N) is 3. The predicted molar refractivity (Wildman–Crippen MR) is 144 cm³/mol. The molecule has 1 aromatic heterocycles. The van der Waals surface area contributed by atoms with Crippen molar-refractivity contribution in [1.82, 2.24) is 10.2 Å². The van der Waals surface area contributed by atoms with Crippen molar-refractivity contribution in [3.8, 4) is 0 Å². The van der Waals surface area contributed by atoms with E-state index in [4.69, 9.17) is 0 Å². The monoisotopic (exact) mass is 588 g/mol. The van der Waals surface area contributed by atoms with Crippen LogP contribution in [0.2, 0.25) is 0 Å². The molecule has 4 rings (SSSR count). The molecule has 35 heavy (non-hydrogen) atoms. The number of hydrogen-bond acceptors (Lipinski definition) is 7. The number of nitrogens with one attached hydrogen (secondary N) is 1. The van der Waals surface area contributed by atoms with Crippen molar-refractivity contribution in [3.05, 3.63) is 94.5 Å². The standard InChI is InChI=1S/C24H21BrN4O3S3/c1-17-7-13-21(14-8-17)35(31,32)29(20-11-9-19(25)10-12-20)15-22(30)26-23-27-28-24(34-23)33-16-18-5-3-2-4-6-18/h2-14H,15-16H2,1H3,(H,26,27,30).